The molecule has 0 aromatic rings. The average Bonchev–Trinajstić information content (AvgIpc) is 2.83. The Bertz CT molecular complexity index is 465. The van der Waals surface area contributed by atoms with Crippen molar-refractivity contribution >= 4 is 5.91 Å². The molecule has 0 aliphatic rings. The quantitative estimate of drug-likeness (QED) is 0.144. The summed E-state index contributed by atoms with van der Waals surface area (Å²) in [5, 5.41) is 6.09. The summed E-state index contributed by atoms with van der Waals surface area (Å²) >= 11 is 0. The molecular weight excluding hydrogens is 472 g/mol. The van der Waals surface area contributed by atoms with Gasteiger partial charge in [-0.25, -0.2) is 0 Å². The first-order valence-electron chi connectivity index (χ1n) is 13.1. The van der Waals surface area contributed by atoms with Crippen LogP contribution in [0.2, 0.25) is 0 Å². The summed E-state index contributed by atoms with van der Waals surface area (Å²) in [6, 6.07) is 0. The molecule has 0 atom stereocenters. The van der Waals surface area contributed by atoms with Gasteiger partial charge in [0.2, 0.25) is 5.91 Å². The lowest BCUT2D eigenvalue weighted by Gasteiger charge is -2.20. The highest BCUT2D eigenvalue weighted by Gasteiger charge is 2.06. The van der Waals surface area contributed by atoms with Crippen LogP contribution >= 0.6 is 0 Å². The zero-order valence-electron chi connectivity index (χ0n) is 23.1. The van der Waals surface area contributed by atoms with Crippen molar-refractivity contribution in [3.63, 3.8) is 0 Å². The number of hydrogen-bond acceptors (Lipinski definition) is 10. The van der Waals surface area contributed by atoms with E-state index >= 15 is 0 Å². The molecule has 1 amide bonds. The van der Waals surface area contributed by atoms with Crippen molar-refractivity contribution in [2.45, 2.75) is 39.7 Å². The van der Waals surface area contributed by atoms with E-state index in [-0.39, 0.29) is 11.4 Å². The highest BCUT2D eigenvalue weighted by atomic mass is 16.6. The van der Waals surface area contributed by atoms with E-state index < -0.39 is 0 Å². The first kappa shape index (κ1) is 35.1. The molecular formula is C25H52N2O9. The molecule has 0 aliphatic heterocycles. The minimum atomic E-state index is 0.00410. The molecule has 216 valence electrons. The maximum atomic E-state index is 11.2. The Hall–Kier alpha value is -0.890. The zero-order chi connectivity index (χ0) is 26.6. The molecule has 0 spiro atoms. The Balaban J connectivity index is 3.07. The van der Waals surface area contributed by atoms with Crippen molar-refractivity contribution in [2.24, 2.45) is 0 Å². The smallest absolute Gasteiger partial charge is 0.222 e. The van der Waals surface area contributed by atoms with Gasteiger partial charge in [-0.1, -0.05) is 0 Å². The first-order valence-corrected chi connectivity index (χ1v) is 13.1. The fourth-order valence-electron chi connectivity index (χ4n) is 2.59. The molecule has 0 saturated carbocycles. The van der Waals surface area contributed by atoms with Crippen LogP contribution < -0.4 is 10.6 Å². The molecule has 0 fully saturated rings. The largest absolute Gasteiger partial charge is 0.379 e. The summed E-state index contributed by atoms with van der Waals surface area (Å²) in [6.07, 6.45) is 0.374. The van der Waals surface area contributed by atoms with Crippen molar-refractivity contribution in [1.29, 1.82) is 0 Å². The van der Waals surface area contributed by atoms with E-state index in [1.807, 2.05) is 6.92 Å². The van der Waals surface area contributed by atoms with Gasteiger partial charge in [-0.05, 0) is 27.7 Å². The molecule has 0 radical (unpaired) electrons. The number of amides is 1. The second-order valence-corrected chi connectivity index (χ2v) is 8.78. The van der Waals surface area contributed by atoms with Gasteiger partial charge in [-0.15, -0.1) is 0 Å². The normalized spacial score (nSPS) is 11.8. The second kappa shape index (κ2) is 27.2. The van der Waals surface area contributed by atoms with Crippen LogP contribution in [-0.4, -0.2) is 130 Å². The minimum Gasteiger partial charge on any atom is -0.379 e. The third-order valence-corrected chi connectivity index (χ3v) is 4.35. The van der Waals surface area contributed by atoms with E-state index in [1.54, 1.807) is 0 Å². The van der Waals surface area contributed by atoms with E-state index in [2.05, 4.69) is 31.4 Å². The van der Waals surface area contributed by atoms with E-state index in [0.717, 1.165) is 6.54 Å². The highest BCUT2D eigenvalue weighted by Crippen LogP contribution is 1.96. The molecule has 0 saturated heterocycles. The van der Waals surface area contributed by atoms with Crippen LogP contribution in [0.15, 0.2) is 0 Å². The lowest BCUT2D eigenvalue weighted by atomic mass is 10.1. The molecule has 0 rings (SSSR count). The maximum absolute atomic E-state index is 11.2. The summed E-state index contributed by atoms with van der Waals surface area (Å²) in [6.45, 7) is 18.1. The monoisotopic (exact) mass is 524 g/mol. The van der Waals surface area contributed by atoms with Gasteiger partial charge in [0.15, 0.2) is 0 Å². The molecule has 36 heavy (non-hydrogen) atoms. The topological polar surface area (TPSA) is 115 Å². The predicted molar refractivity (Wildman–Crippen MR) is 138 cm³/mol. The van der Waals surface area contributed by atoms with Gasteiger partial charge < -0.3 is 48.5 Å². The van der Waals surface area contributed by atoms with Gasteiger partial charge in [0.25, 0.3) is 0 Å². The summed E-state index contributed by atoms with van der Waals surface area (Å²) in [7, 11) is 0. The molecule has 0 aliphatic carbocycles. The van der Waals surface area contributed by atoms with Crippen LogP contribution in [0.1, 0.15) is 34.1 Å². The Morgan fingerprint density at radius 1 is 0.528 bits per heavy atom. The van der Waals surface area contributed by atoms with Crippen LogP contribution in [0.5, 0.6) is 0 Å². The van der Waals surface area contributed by atoms with Crippen molar-refractivity contribution < 1.29 is 42.7 Å². The van der Waals surface area contributed by atoms with Crippen LogP contribution in [0.3, 0.4) is 0 Å². The predicted octanol–water partition coefficient (Wildman–Crippen LogP) is 1.03. The Morgan fingerprint density at radius 2 is 0.833 bits per heavy atom. The SMILES string of the molecule is CCNC(=O)CCOCCOCCOCCOCCOCCOCCOCCOCCNC(C)(C)C. The maximum Gasteiger partial charge on any atom is 0.222 e. The van der Waals surface area contributed by atoms with Crippen molar-refractivity contribution in [3.05, 3.63) is 0 Å². The molecule has 0 aromatic heterocycles. The number of rotatable bonds is 28. The number of ether oxygens (including phenoxy) is 8. The fourth-order valence-corrected chi connectivity index (χ4v) is 2.59. The fraction of sp³-hybridized carbons (Fsp3) is 0.960. The molecule has 11 heteroatoms. The number of nitrogens with one attached hydrogen (secondary N) is 2. The average molecular weight is 525 g/mol. The van der Waals surface area contributed by atoms with E-state index in [9.17, 15) is 4.79 Å². The first-order chi connectivity index (χ1) is 17.5. The summed E-state index contributed by atoms with van der Waals surface area (Å²) in [4.78, 5) is 11.2. The summed E-state index contributed by atoms with van der Waals surface area (Å²) in [5.41, 5.74) is 0.119. The zero-order valence-corrected chi connectivity index (χ0v) is 23.1. The Kier molecular flexibility index (Phi) is 26.5. The molecule has 0 aromatic carbocycles. The number of carbonyl (C=O) groups is 1. The van der Waals surface area contributed by atoms with Gasteiger partial charge in [0.05, 0.1) is 106 Å². The minimum absolute atomic E-state index is 0.00410. The van der Waals surface area contributed by atoms with Crippen LogP contribution in [0, 0.1) is 0 Å². The van der Waals surface area contributed by atoms with Crippen LogP contribution in [0.25, 0.3) is 0 Å². The lowest BCUT2D eigenvalue weighted by Crippen LogP contribution is -2.38. The van der Waals surface area contributed by atoms with Crippen molar-refractivity contribution in [1.82, 2.24) is 10.6 Å². The van der Waals surface area contributed by atoms with Crippen molar-refractivity contribution in [2.75, 3.05) is 119 Å². The van der Waals surface area contributed by atoms with Gasteiger partial charge in [0.1, 0.15) is 0 Å². The summed E-state index contributed by atoms with van der Waals surface area (Å²) < 4.78 is 43.5. The summed E-state index contributed by atoms with van der Waals surface area (Å²) in [5.74, 6) is 0.00410. The standard InChI is InChI=1S/C25H52N2O9/c1-5-26-24(28)6-8-29-10-12-31-14-16-33-18-20-35-22-23-36-21-19-34-17-15-32-13-11-30-9-7-27-25(2,3)4/h27H,5-23H2,1-4H3,(H,26,28). The van der Waals surface area contributed by atoms with Gasteiger partial charge >= 0.3 is 0 Å². The van der Waals surface area contributed by atoms with Crippen LogP contribution in [0.4, 0.5) is 0 Å². The molecule has 0 unspecified atom stereocenters. The van der Waals surface area contributed by atoms with E-state index in [4.69, 9.17) is 37.9 Å². The van der Waals surface area contributed by atoms with Gasteiger partial charge in [0, 0.05) is 25.0 Å². The highest BCUT2D eigenvalue weighted by molar-refractivity contribution is 5.75. The molecule has 2 N–H and O–H groups in total. The number of hydrogen-bond donors (Lipinski definition) is 2. The molecule has 0 bridgehead atoms. The molecule has 11 nitrogen and oxygen atoms in total. The third-order valence-electron chi connectivity index (χ3n) is 4.35. The van der Waals surface area contributed by atoms with E-state index in [0.29, 0.717) is 119 Å². The van der Waals surface area contributed by atoms with Crippen LogP contribution in [-0.2, 0) is 42.7 Å². The number of carbonyl (C=O) groups excluding carboxylic acids is 1. The lowest BCUT2D eigenvalue weighted by molar-refractivity contribution is -0.122. The van der Waals surface area contributed by atoms with Crippen molar-refractivity contribution in [3.8, 4) is 0 Å². The Labute approximate surface area is 218 Å². The van der Waals surface area contributed by atoms with Gasteiger partial charge in [-0.2, -0.15) is 0 Å². The second-order valence-electron chi connectivity index (χ2n) is 8.78. The van der Waals surface area contributed by atoms with Gasteiger partial charge in [-0.3, -0.25) is 4.79 Å². The van der Waals surface area contributed by atoms with E-state index in [1.165, 1.54) is 0 Å². The third kappa shape index (κ3) is 31.1. The Morgan fingerprint density at radius 3 is 1.14 bits per heavy atom. The molecule has 0 heterocycles.